The molecule has 0 radical (unpaired) electrons. The maximum absolute atomic E-state index is 2.26. The molecule has 0 aliphatic carbocycles. The van der Waals surface area contributed by atoms with Gasteiger partial charge in [-0.1, -0.05) is 574 Å². The van der Waals surface area contributed by atoms with Gasteiger partial charge in [0, 0.05) is 0 Å². The first-order chi connectivity index (χ1) is 68.6. The van der Waals surface area contributed by atoms with Crippen LogP contribution < -0.4 is 0 Å². The summed E-state index contributed by atoms with van der Waals surface area (Å²) in [5, 5.41) is 5.45. The van der Waals surface area contributed by atoms with Crippen LogP contribution in [0.1, 0.15) is 111 Å². The van der Waals surface area contributed by atoms with Gasteiger partial charge in [-0.3, -0.25) is 0 Å². The monoisotopic (exact) mass is 1850 g/mol. The molecule has 708 valence electrons. The van der Waals surface area contributed by atoms with Crippen molar-refractivity contribution in [2.75, 3.05) is 0 Å². The first-order valence-electron chi connectivity index (χ1n) is 49.7. The van der Waals surface area contributed by atoms with Crippen molar-refractivity contribution in [3.63, 3.8) is 0 Å². The molecule has 0 amide bonds. The van der Waals surface area contributed by atoms with Crippen LogP contribution in [-0.4, -0.2) is 0 Å². The van der Waals surface area contributed by atoms with E-state index in [-0.39, 0.29) is 0 Å². The Morgan fingerprint density at radius 3 is 0.472 bits per heavy atom. The zero-order chi connectivity index (χ0) is 101. The van der Waals surface area contributed by atoms with Gasteiger partial charge in [-0.05, 0) is 283 Å². The molecule has 0 heteroatoms. The van der Waals surface area contributed by atoms with Gasteiger partial charge in [0.1, 0.15) is 0 Å². The Morgan fingerprint density at radius 2 is 0.254 bits per heavy atom. The molecule has 0 saturated carbocycles. The zero-order valence-electron chi connectivity index (χ0n) is 87.2. The van der Waals surface area contributed by atoms with Gasteiger partial charge < -0.3 is 0 Å². The molecule has 0 aliphatic rings. The molecule has 0 N–H and O–H groups in total. The third-order valence-electron chi connectivity index (χ3n) is 25.0. The maximum atomic E-state index is 2.26. The average molecular weight is 1850 g/mol. The van der Waals surface area contributed by atoms with Crippen LogP contribution in [-0.2, 0) is 0 Å². The lowest BCUT2D eigenvalue weighted by Crippen LogP contribution is -1.82. The summed E-state index contributed by atoms with van der Waals surface area (Å²) in [4.78, 5) is 0. The number of hydrogen-bond acceptors (Lipinski definition) is 0. The minimum Gasteiger partial charge on any atom is -0.0617 e. The highest BCUT2D eigenvalue weighted by Gasteiger charge is 2.09. The Morgan fingerprint density at radius 1 is 0.0845 bits per heavy atom. The van der Waals surface area contributed by atoms with E-state index in [9.17, 15) is 0 Å². The van der Waals surface area contributed by atoms with Crippen molar-refractivity contribution >= 4 is 21.5 Å². The van der Waals surface area contributed by atoms with Crippen LogP contribution in [0.5, 0.6) is 0 Å². The Bertz CT molecular complexity index is 7120. The molecule has 0 atom stereocenters. The number of benzene rings is 21. The van der Waals surface area contributed by atoms with Gasteiger partial charge in [-0.2, -0.15) is 0 Å². The fourth-order valence-corrected chi connectivity index (χ4v) is 16.7. The van der Waals surface area contributed by atoms with Crippen molar-refractivity contribution in [2.45, 2.75) is 138 Å². The fourth-order valence-electron chi connectivity index (χ4n) is 16.7. The summed E-state index contributed by atoms with van der Waals surface area (Å²) >= 11 is 0. The normalized spacial score (nSPS) is 10.3. The van der Waals surface area contributed by atoms with Crippen molar-refractivity contribution in [1.82, 2.24) is 0 Å². The summed E-state index contributed by atoms with van der Waals surface area (Å²) in [5.74, 6) is 0. The molecule has 0 unspecified atom stereocenters. The van der Waals surface area contributed by atoms with Gasteiger partial charge in [0.2, 0.25) is 0 Å². The molecule has 0 spiro atoms. The smallest absolute Gasteiger partial charge is 0.0152 e. The molecule has 0 nitrogen and oxygen atoms in total. The Kier molecular flexibility index (Phi) is 39.5. The fraction of sp³-hybridized carbons (Fsp3) is 0.141. The van der Waals surface area contributed by atoms with E-state index < -0.39 is 0 Å². The number of fused-ring (bicyclic) bond motifs is 2. The molecule has 0 aliphatic heterocycles. The lowest BCUT2D eigenvalue weighted by atomic mass is 9.98. The second-order valence-corrected chi connectivity index (χ2v) is 38.0. The molecule has 21 rings (SSSR count). The predicted molar refractivity (Wildman–Crippen MR) is 623 cm³/mol. The van der Waals surface area contributed by atoms with Crippen LogP contribution in [0, 0.1) is 138 Å². The van der Waals surface area contributed by atoms with E-state index in [1.165, 1.54) is 233 Å². The van der Waals surface area contributed by atoms with E-state index >= 15 is 0 Å². The Labute approximate surface area is 850 Å². The highest BCUT2D eigenvalue weighted by atomic mass is 14.1. The van der Waals surface area contributed by atoms with E-state index in [1.807, 2.05) is 0 Å². The highest BCUT2D eigenvalue weighted by molar-refractivity contribution is 5.89. The summed E-state index contributed by atoms with van der Waals surface area (Å²) in [6, 6.07) is 173. The van der Waals surface area contributed by atoms with Crippen LogP contribution in [0.2, 0.25) is 0 Å². The second kappa shape index (κ2) is 53.3. The number of hydrogen-bond donors (Lipinski definition) is 0. The van der Waals surface area contributed by atoms with Crippen molar-refractivity contribution in [1.29, 1.82) is 0 Å². The van der Waals surface area contributed by atoms with Crippen molar-refractivity contribution < 1.29 is 0 Å². The molecule has 0 heterocycles. The molecule has 21 aromatic rings. The first-order valence-corrected chi connectivity index (χ1v) is 49.7. The molecule has 0 fully saturated rings. The van der Waals surface area contributed by atoms with E-state index in [2.05, 4.69) is 624 Å². The second-order valence-electron chi connectivity index (χ2n) is 38.0. The molecule has 0 aromatic heterocycles. The Hall–Kier alpha value is -15.9. The van der Waals surface area contributed by atoms with Gasteiger partial charge in [0.15, 0.2) is 0 Å². The highest BCUT2D eigenvalue weighted by Crippen LogP contribution is 2.33. The van der Waals surface area contributed by atoms with Gasteiger partial charge >= 0.3 is 0 Å². The number of aryl methyl sites for hydroxylation is 20. The van der Waals surface area contributed by atoms with Crippen molar-refractivity contribution in [2.24, 2.45) is 0 Å². The first kappa shape index (κ1) is 105. The lowest BCUT2D eigenvalue weighted by Gasteiger charge is -2.07. The lowest BCUT2D eigenvalue weighted by molar-refractivity contribution is 1.39. The Balaban J connectivity index is 0.000000143. The van der Waals surface area contributed by atoms with Crippen LogP contribution in [0.25, 0.3) is 122 Å². The molecule has 0 bridgehead atoms. The molecular weight excluding hydrogens is 1710 g/mol. The van der Waals surface area contributed by atoms with Crippen LogP contribution in [0.15, 0.2) is 485 Å². The van der Waals surface area contributed by atoms with Crippen LogP contribution >= 0.6 is 0 Å². The minimum atomic E-state index is 1.26. The van der Waals surface area contributed by atoms with E-state index in [0.717, 1.165) is 0 Å². The van der Waals surface area contributed by atoms with E-state index in [1.54, 1.807) is 0 Å². The molecule has 142 heavy (non-hydrogen) atoms. The van der Waals surface area contributed by atoms with Crippen molar-refractivity contribution in [3.8, 4) is 100 Å². The summed E-state index contributed by atoms with van der Waals surface area (Å²) in [6.45, 7) is 42.4. The SMILES string of the molecule is Cc1cc(C)c2ccccc2c1.Cc1ccc(-c2ccc(-c3ccc(C)cc3)cc2)cc1.Cc1ccc(-c2ccc(C)cc2)cc1.Cc1ccc(-c2cccc(-c3ccc(C)cc3)c2)cc1.Cc1ccc(-c2cccc(C)c2)cc1.Cc1ccc(C)c2ccccc12.Cc1ccc(C)cc1.Cc1cccc(-c2ccc(-c3cccc(C)c3)cc2)c1.Cc1cccc(-c2cccc(C)c2)c1.Cc1cccc(C)c1. The third-order valence-corrected chi connectivity index (χ3v) is 25.0. The largest absolute Gasteiger partial charge is 0.0617 e. The molecule has 21 aromatic carbocycles. The van der Waals surface area contributed by atoms with E-state index in [4.69, 9.17) is 0 Å². The number of rotatable bonds is 9. The van der Waals surface area contributed by atoms with Crippen LogP contribution in [0.4, 0.5) is 0 Å². The average Bonchev–Trinajstić information content (AvgIpc) is 0.823. The van der Waals surface area contributed by atoms with Crippen molar-refractivity contribution in [3.05, 3.63) is 597 Å². The third kappa shape index (κ3) is 33.5. The summed E-state index contributed by atoms with van der Waals surface area (Å²) in [7, 11) is 0. The maximum Gasteiger partial charge on any atom is -0.0152 e. The van der Waals surface area contributed by atoms with Crippen LogP contribution in [0.3, 0.4) is 0 Å². The van der Waals surface area contributed by atoms with E-state index in [0.29, 0.717) is 0 Å². The van der Waals surface area contributed by atoms with Gasteiger partial charge in [-0.15, -0.1) is 0 Å². The van der Waals surface area contributed by atoms with Gasteiger partial charge in [0.05, 0.1) is 0 Å². The standard InChI is InChI=1S/3C20H18.3C14H14.2C12H12.2C8H10/c1-15-3-7-17(8-4-15)19-11-13-20(14-12-19)18-9-5-16(2)6-10-18;1-15-5-3-7-19(13-15)17-9-11-18(12-10-17)20-8-4-6-16(2)14-20;1-15-6-10-17(11-7-15)19-4-3-5-20(14-19)18-12-8-16(2)9-13-18;1-11-3-7-13(8-4-11)14-9-5-12(2)6-10-14;1-11-5-3-7-13(9-11)14-8-4-6-12(2)10-14;1-11-6-8-13(9-7-11)14-5-3-4-12(2)10-14;1-9-7-10(2)12-6-4-3-5-11(12)8-9;1-9-7-8-10(2)12-6-4-3-5-11(9)12;1-7-3-5-8(2)6-4-7;1-7-4-3-5-8(2)6-7/h3*3-14H,1-2H3;3*3-10H,1-2H3;2*3-8H,1-2H3;2*3-6H,1-2H3. The van der Waals surface area contributed by atoms with Gasteiger partial charge in [-0.25, -0.2) is 0 Å². The quantitative estimate of drug-likeness (QED) is 0.135. The predicted octanol–water partition coefficient (Wildman–Crippen LogP) is 40.3. The summed E-state index contributed by atoms with van der Waals surface area (Å²) in [5.41, 5.74) is 49.4. The summed E-state index contributed by atoms with van der Waals surface area (Å²) < 4.78 is 0. The van der Waals surface area contributed by atoms with Gasteiger partial charge in [0.25, 0.3) is 0 Å². The summed E-state index contributed by atoms with van der Waals surface area (Å²) in [6.07, 6.45) is 0. The topological polar surface area (TPSA) is 0 Å². The molecule has 0 saturated heterocycles. The minimum absolute atomic E-state index is 1.26. The molecular formula is C142H140. The zero-order valence-corrected chi connectivity index (χ0v) is 87.2.